The molecular weight excluding hydrogens is 232 g/mol. The van der Waals surface area contributed by atoms with E-state index in [1.165, 1.54) is 6.33 Å². The number of nitrogens with one attached hydrogen (secondary N) is 1. The van der Waals surface area contributed by atoms with E-state index in [0.717, 1.165) is 0 Å². The Morgan fingerprint density at radius 1 is 1.39 bits per heavy atom. The zero-order valence-corrected chi connectivity index (χ0v) is 11.4. The SMILES string of the molecule is CCOCC(Nc1ncnc(N)c1OC)C(C)C. The minimum absolute atomic E-state index is 0.146. The largest absolute Gasteiger partial charge is 0.490 e. The Morgan fingerprint density at radius 3 is 2.67 bits per heavy atom. The van der Waals surface area contributed by atoms with Crippen LogP contribution in [0.4, 0.5) is 11.6 Å². The smallest absolute Gasteiger partial charge is 0.203 e. The molecule has 0 amide bonds. The number of nitrogens with two attached hydrogens (primary N) is 1. The van der Waals surface area contributed by atoms with Crippen LogP contribution in [0.5, 0.6) is 5.75 Å². The fourth-order valence-electron chi connectivity index (χ4n) is 1.51. The molecule has 0 saturated heterocycles. The van der Waals surface area contributed by atoms with E-state index in [4.69, 9.17) is 15.2 Å². The Bertz CT molecular complexity index is 371. The van der Waals surface area contributed by atoms with Crippen LogP contribution >= 0.6 is 0 Å². The molecule has 3 N–H and O–H groups in total. The van der Waals surface area contributed by atoms with Crippen molar-refractivity contribution in [3.63, 3.8) is 0 Å². The topological polar surface area (TPSA) is 82.3 Å². The van der Waals surface area contributed by atoms with Gasteiger partial charge in [0.1, 0.15) is 6.33 Å². The quantitative estimate of drug-likeness (QED) is 0.768. The maximum Gasteiger partial charge on any atom is 0.203 e. The number of anilines is 2. The van der Waals surface area contributed by atoms with Gasteiger partial charge in [0.25, 0.3) is 0 Å². The Labute approximate surface area is 108 Å². The molecule has 0 spiro atoms. The van der Waals surface area contributed by atoms with Gasteiger partial charge in [-0.2, -0.15) is 0 Å². The molecule has 1 aromatic rings. The van der Waals surface area contributed by atoms with Gasteiger partial charge in [-0.05, 0) is 12.8 Å². The molecule has 0 bridgehead atoms. The number of methoxy groups -OCH3 is 1. The molecule has 1 heterocycles. The lowest BCUT2D eigenvalue weighted by atomic mass is 10.1. The Hall–Kier alpha value is -1.56. The number of rotatable bonds is 7. The van der Waals surface area contributed by atoms with Crippen molar-refractivity contribution in [1.29, 1.82) is 0 Å². The van der Waals surface area contributed by atoms with Gasteiger partial charge in [-0.1, -0.05) is 13.8 Å². The number of aromatic nitrogens is 2. The zero-order chi connectivity index (χ0) is 13.5. The summed E-state index contributed by atoms with van der Waals surface area (Å²) in [7, 11) is 1.55. The van der Waals surface area contributed by atoms with Crippen LogP contribution in [0.2, 0.25) is 0 Å². The van der Waals surface area contributed by atoms with E-state index < -0.39 is 0 Å². The van der Waals surface area contributed by atoms with Crippen molar-refractivity contribution < 1.29 is 9.47 Å². The van der Waals surface area contributed by atoms with Crippen LogP contribution in [-0.4, -0.2) is 36.3 Å². The first kappa shape index (κ1) is 14.5. The average molecular weight is 254 g/mol. The van der Waals surface area contributed by atoms with Crippen molar-refractivity contribution in [2.24, 2.45) is 5.92 Å². The predicted octanol–water partition coefficient (Wildman–Crippen LogP) is 1.54. The van der Waals surface area contributed by atoms with Gasteiger partial charge in [-0.25, -0.2) is 9.97 Å². The summed E-state index contributed by atoms with van der Waals surface area (Å²) in [5, 5.41) is 3.29. The lowest BCUT2D eigenvalue weighted by molar-refractivity contribution is 0.126. The van der Waals surface area contributed by atoms with E-state index in [9.17, 15) is 0 Å². The van der Waals surface area contributed by atoms with E-state index in [1.54, 1.807) is 7.11 Å². The van der Waals surface area contributed by atoms with Crippen LogP contribution < -0.4 is 15.8 Å². The highest BCUT2D eigenvalue weighted by Gasteiger charge is 2.17. The first-order valence-electron chi connectivity index (χ1n) is 6.08. The first-order chi connectivity index (χ1) is 8.60. The van der Waals surface area contributed by atoms with Crippen molar-refractivity contribution in [2.75, 3.05) is 31.4 Å². The van der Waals surface area contributed by atoms with E-state index in [-0.39, 0.29) is 6.04 Å². The fraction of sp³-hybridized carbons (Fsp3) is 0.667. The number of hydrogen-bond donors (Lipinski definition) is 2. The highest BCUT2D eigenvalue weighted by Crippen LogP contribution is 2.27. The van der Waals surface area contributed by atoms with Gasteiger partial charge in [0.05, 0.1) is 19.8 Å². The lowest BCUT2D eigenvalue weighted by Crippen LogP contribution is -2.31. The maximum atomic E-state index is 5.74. The number of ether oxygens (including phenoxy) is 2. The molecule has 102 valence electrons. The molecular formula is C12H22N4O2. The second-order valence-corrected chi connectivity index (χ2v) is 4.30. The zero-order valence-electron chi connectivity index (χ0n) is 11.4. The van der Waals surface area contributed by atoms with Gasteiger partial charge in [-0.15, -0.1) is 0 Å². The third-order valence-corrected chi connectivity index (χ3v) is 2.66. The Balaban J connectivity index is 2.83. The highest BCUT2D eigenvalue weighted by atomic mass is 16.5. The normalized spacial score (nSPS) is 12.5. The van der Waals surface area contributed by atoms with Crippen LogP contribution in [0.25, 0.3) is 0 Å². The minimum Gasteiger partial charge on any atom is -0.490 e. The summed E-state index contributed by atoms with van der Waals surface area (Å²) in [5.74, 6) is 1.80. The second kappa shape index (κ2) is 7.00. The van der Waals surface area contributed by atoms with Gasteiger partial charge < -0.3 is 20.5 Å². The maximum absolute atomic E-state index is 5.74. The van der Waals surface area contributed by atoms with Gasteiger partial charge in [0, 0.05) is 6.61 Å². The Morgan fingerprint density at radius 2 is 2.11 bits per heavy atom. The molecule has 0 aromatic carbocycles. The molecule has 0 aliphatic rings. The van der Waals surface area contributed by atoms with Crippen LogP contribution in [0, 0.1) is 5.92 Å². The van der Waals surface area contributed by atoms with Crippen LogP contribution in [-0.2, 0) is 4.74 Å². The molecule has 0 aliphatic heterocycles. The summed E-state index contributed by atoms with van der Waals surface area (Å²) in [6.07, 6.45) is 1.41. The Kier molecular flexibility index (Phi) is 5.64. The van der Waals surface area contributed by atoms with Crippen molar-refractivity contribution in [3.8, 4) is 5.75 Å². The van der Waals surface area contributed by atoms with Crippen LogP contribution in [0.1, 0.15) is 20.8 Å². The number of hydrogen-bond acceptors (Lipinski definition) is 6. The third-order valence-electron chi connectivity index (χ3n) is 2.66. The molecule has 0 fully saturated rings. The highest BCUT2D eigenvalue weighted by molar-refractivity contribution is 5.61. The molecule has 1 rings (SSSR count). The molecule has 6 nitrogen and oxygen atoms in total. The van der Waals surface area contributed by atoms with Gasteiger partial charge in [0.15, 0.2) is 11.6 Å². The molecule has 1 atom stereocenters. The van der Waals surface area contributed by atoms with E-state index >= 15 is 0 Å². The van der Waals surface area contributed by atoms with E-state index in [2.05, 4.69) is 29.1 Å². The van der Waals surface area contributed by atoms with E-state index in [0.29, 0.717) is 36.5 Å². The van der Waals surface area contributed by atoms with E-state index in [1.807, 2.05) is 6.92 Å². The summed E-state index contributed by atoms with van der Waals surface area (Å²) in [4.78, 5) is 8.05. The lowest BCUT2D eigenvalue weighted by Gasteiger charge is -2.23. The van der Waals surface area contributed by atoms with Crippen LogP contribution in [0.3, 0.4) is 0 Å². The molecule has 0 aliphatic carbocycles. The summed E-state index contributed by atoms with van der Waals surface area (Å²) < 4.78 is 10.7. The second-order valence-electron chi connectivity index (χ2n) is 4.30. The predicted molar refractivity (Wildman–Crippen MR) is 71.7 cm³/mol. The molecule has 1 aromatic heterocycles. The van der Waals surface area contributed by atoms with Gasteiger partial charge >= 0.3 is 0 Å². The molecule has 1 unspecified atom stereocenters. The summed E-state index contributed by atoms with van der Waals surface area (Å²) in [6, 6.07) is 0.146. The van der Waals surface area contributed by atoms with Crippen molar-refractivity contribution in [1.82, 2.24) is 9.97 Å². The summed E-state index contributed by atoms with van der Waals surface area (Å²) in [5.41, 5.74) is 5.74. The fourth-order valence-corrected chi connectivity index (χ4v) is 1.51. The van der Waals surface area contributed by atoms with Crippen molar-refractivity contribution in [2.45, 2.75) is 26.8 Å². The van der Waals surface area contributed by atoms with Gasteiger partial charge in [-0.3, -0.25) is 0 Å². The minimum atomic E-state index is 0.146. The molecule has 6 heteroatoms. The van der Waals surface area contributed by atoms with Gasteiger partial charge in [0.2, 0.25) is 5.75 Å². The van der Waals surface area contributed by atoms with Crippen LogP contribution in [0.15, 0.2) is 6.33 Å². The average Bonchev–Trinajstić information content (AvgIpc) is 2.34. The number of nitrogens with zero attached hydrogens (tertiary/aromatic N) is 2. The molecule has 0 radical (unpaired) electrons. The summed E-state index contributed by atoms with van der Waals surface area (Å²) >= 11 is 0. The van der Waals surface area contributed by atoms with Crippen molar-refractivity contribution in [3.05, 3.63) is 6.33 Å². The molecule has 0 saturated carbocycles. The first-order valence-corrected chi connectivity index (χ1v) is 6.08. The number of nitrogen functional groups attached to an aromatic ring is 1. The monoisotopic (exact) mass is 254 g/mol. The van der Waals surface area contributed by atoms with Crippen molar-refractivity contribution >= 4 is 11.6 Å². The summed E-state index contributed by atoms with van der Waals surface area (Å²) in [6.45, 7) is 7.51. The standard InChI is InChI=1S/C12H22N4O2/c1-5-18-6-9(8(2)3)16-12-10(17-4)11(13)14-7-15-12/h7-9H,5-6H2,1-4H3,(H3,13,14,15,16). The third kappa shape index (κ3) is 3.73. The molecule has 18 heavy (non-hydrogen) atoms.